The molecule has 0 bridgehead atoms. The van der Waals surface area contributed by atoms with Crippen molar-refractivity contribution in [3.05, 3.63) is 15.9 Å². The standard InChI is InChI=1S/C15H26Br2N2/c1-5-8-9-15(6-2,11-16)10-13-14(17)12(4)18-19(13)7-3/h5-11H2,1-4H3. The number of hydrogen-bond donors (Lipinski definition) is 0. The van der Waals surface area contributed by atoms with Crippen LogP contribution in [0.25, 0.3) is 0 Å². The van der Waals surface area contributed by atoms with Crippen molar-refractivity contribution >= 4 is 31.9 Å². The molecule has 0 amide bonds. The Morgan fingerprint density at radius 2 is 1.95 bits per heavy atom. The number of nitrogens with zero attached hydrogens (tertiary/aromatic N) is 2. The monoisotopic (exact) mass is 392 g/mol. The highest BCUT2D eigenvalue weighted by molar-refractivity contribution is 9.10. The quantitative estimate of drug-likeness (QED) is 0.533. The van der Waals surface area contributed by atoms with Gasteiger partial charge in [0.25, 0.3) is 0 Å². The number of hydrogen-bond acceptors (Lipinski definition) is 1. The second-order valence-electron chi connectivity index (χ2n) is 5.43. The Morgan fingerprint density at radius 1 is 1.26 bits per heavy atom. The van der Waals surface area contributed by atoms with Gasteiger partial charge in [0, 0.05) is 11.9 Å². The Hall–Kier alpha value is 0.170. The second-order valence-corrected chi connectivity index (χ2v) is 6.78. The fraction of sp³-hybridized carbons (Fsp3) is 0.800. The Kier molecular flexibility index (Phi) is 7.09. The molecule has 2 nitrogen and oxygen atoms in total. The van der Waals surface area contributed by atoms with Gasteiger partial charge >= 0.3 is 0 Å². The fourth-order valence-corrected chi connectivity index (χ4v) is 3.84. The summed E-state index contributed by atoms with van der Waals surface area (Å²) in [6, 6.07) is 0. The molecule has 0 radical (unpaired) electrons. The summed E-state index contributed by atoms with van der Waals surface area (Å²) in [5.41, 5.74) is 2.82. The van der Waals surface area contributed by atoms with E-state index >= 15 is 0 Å². The highest BCUT2D eigenvalue weighted by Crippen LogP contribution is 2.37. The molecule has 0 saturated carbocycles. The van der Waals surface area contributed by atoms with E-state index in [0.29, 0.717) is 5.41 Å². The molecule has 19 heavy (non-hydrogen) atoms. The lowest BCUT2D eigenvalue weighted by Gasteiger charge is -2.31. The van der Waals surface area contributed by atoms with E-state index in [-0.39, 0.29) is 0 Å². The average Bonchev–Trinajstić information content (AvgIpc) is 2.70. The van der Waals surface area contributed by atoms with Gasteiger partial charge in [-0.15, -0.1) is 0 Å². The first-order valence-corrected chi connectivity index (χ1v) is 9.22. The van der Waals surface area contributed by atoms with Crippen LogP contribution in [0.5, 0.6) is 0 Å². The lowest BCUT2D eigenvalue weighted by molar-refractivity contribution is 0.276. The van der Waals surface area contributed by atoms with E-state index in [1.807, 2.05) is 0 Å². The van der Waals surface area contributed by atoms with Gasteiger partial charge in [0.2, 0.25) is 0 Å². The molecule has 0 spiro atoms. The number of rotatable bonds is 8. The minimum atomic E-state index is 0.359. The van der Waals surface area contributed by atoms with E-state index < -0.39 is 0 Å². The smallest absolute Gasteiger partial charge is 0.0738 e. The van der Waals surface area contributed by atoms with Gasteiger partial charge in [-0.2, -0.15) is 5.10 Å². The lowest BCUT2D eigenvalue weighted by atomic mass is 9.78. The van der Waals surface area contributed by atoms with Crippen LogP contribution < -0.4 is 0 Å². The zero-order valence-electron chi connectivity index (χ0n) is 12.6. The molecule has 0 saturated heterocycles. The third-order valence-electron chi connectivity index (χ3n) is 4.09. The van der Waals surface area contributed by atoms with Crippen molar-refractivity contribution in [2.45, 2.75) is 66.3 Å². The largest absolute Gasteiger partial charge is 0.268 e. The van der Waals surface area contributed by atoms with Crippen LogP contribution in [0.2, 0.25) is 0 Å². The maximum absolute atomic E-state index is 4.62. The molecule has 0 aliphatic carbocycles. The van der Waals surface area contributed by atoms with Crippen LogP contribution in [-0.2, 0) is 13.0 Å². The van der Waals surface area contributed by atoms with E-state index in [2.05, 4.69) is 69.3 Å². The summed E-state index contributed by atoms with van der Waals surface area (Å²) in [5.74, 6) is 0. The van der Waals surface area contributed by atoms with Crippen LogP contribution in [-0.4, -0.2) is 15.1 Å². The van der Waals surface area contributed by atoms with Gasteiger partial charge < -0.3 is 0 Å². The molecule has 1 rings (SSSR count). The third-order valence-corrected chi connectivity index (χ3v) is 6.31. The zero-order chi connectivity index (χ0) is 14.5. The van der Waals surface area contributed by atoms with Crippen molar-refractivity contribution in [1.29, 1.82) is 0 Å². The molecule has 1 unspecified atom stereocenters. The van der Waals surface area contributed by atoms with Crippen LogP contribution in [0, 0.1) is 12.3 Å². The van der Waals surface area contributed by atoms with Crippen LogP contribution in [0.1, 0.15) is 57.8 Å². The normalized spacial score (nSPS) is 14.6. The van der Waals surface area contributed by atoms with Crippen molar-refractivity contribution in [1.82, 2.24) is 9.78 Å². The molecule has 1 aromatic rings. The lowest BCUT2D eigenvalue weighted by Crippen LogP contribution is -2.26. The van der Waals surface area contributed by atoms with Gasteiger partial charge in [-0.05, 0) is 54.5 Å². The molecule has 1 atom stereocenters. The third kappa shape index (κ3) is 4.07. The average molecular weight is 394 g/mol. The Balaban J connectivity index is 3.02. The molecule has 1 aromatic heterocycles. The minimum absolute atomic E-state index is 0.359. The van der Waals surface area contributed by atoms with Crippen LogP contribution in [0.3, 0.4) is 0 Å². The number of alkyl halides is 1. The summed E-state index contributed by atoms with van der Waals surface area (Å²) in [6.45, 7) is 9.76. The summed E-state index contributed by atoms with van der Waals surface area (Å²) in [7, 11) is 0. The SMILES string of the molecule is CCCCC(CC)(CBr)Cc1c(Br)c(C)nn1CC. The maximum Gasteiger partial charge on any atom is 0.0738 e. The van der Waals surface area contributed by atoms with Crippen molar-refractivity contribution in [2.75, 3.05) is 5.33 Å². The van der Waals surface area contributed by atoms with Gasteiger partial charge in [-0.25, -0.2) is 0 Å². The molecular formula is C15H26Br2N2. The number of halogens is 2. The summed E-state index contributed by atoms with van der Waals surface area (Å²) in [4.78, 5) is 0. The minimum Gasteiger partial charge on any atom is -0.268 e. The molecule has 110 valence electrons. The Bertz CT molecular complexity index is 395. The molecule has 0 fully saturated rings. The Morgan fingerprint density at radius 3 is 2.42 bits per heavy atom. The Labute approximate surface area is 134 Å². The van der Waals surface area contributed by atoms with E-state index in [0.717, 1.165) is 24.0 Å². The fourth-order valence-electron chi connectivity index (χ4n) is 2.54. The summed E-state index contributed by atoms with van der Waals surface area (Å²) >= 11 is 7.48. The van der Waals surface area contributed by atoms with Gasteiger partial charge in [0.05, 0.1) is 15.9 Å². The number of aromatic nitrogens is 2. The summed E-state index contributed by atoms with van der Waals surface area (Å²) < 4.78 is 3.35. The molecular weight excluding hydrogens is 368 g/mol. The van der Waals surface area contributed by atoms with Crippen molar-refractivity contribution in [3.63, 3.8) is 0 Å². The predicted molar refractivity (Wildman–Crippen MR) is 90.1 cm³/mol. The summed E-state index contributed by atoms with van der Waals surface area (Å²) in [6.07, 6.45) is 6.16. The molecule has 0 aromatic carbocycles. The molecule has 0 aliphatic heterocycles. The molecule has 0 aliphatic rings. The first-order valence-electron chi connectivity index (χ1n) is 7.31. The van der Waals surface area contributed by atoms with Gasteiger partial charge in [0.1, 0.15) is 0 Å². The van der Waals surface area contributed by atoms with E-state index in [1.165, 1.54) is 35.8 Å². The molecule has 1 heterocycles. The molecule has 0 N–H and O–H groups in total. The zero-order valence-corrected chi connectivity index (χ0v) is 15.8. The van der Waals surface area contributed by atoms with Crippen LogP contribution in [0.15, 0.2) is 4.47 Å². The highest BCUT2D eigenvalue weighted by Gasteiger charge is 2.29. The van der Waals surface area contributed by atoms with Crippen molar-refractivity contribution < 1.29 is 0 Å². The van der Waals surface area contributed by atoms with E-state index in [4.69, 9.17) is 0 Å². The first-order chi connectivity index (χ1) is 9.03. The van der Waals surface area contributed by atoms with Gasteiger partial charge in [-0.1, -0.05) is 42.6 Å². The highest BCUT2D eigenvalue weighted by atomic mass is 79.9. The van der Waals surface area contributed by atoms with Crippen LogP contribution in [0.4, 0.5) is 0 Å². The molecule has 4 heteroatoms. The first kappa shape index (κ1) is 17.2. The second kappa shape index (κ2) is 7.82. The number of aryl methyl sites for hydroxylation is 2. The number of unbranched alkanes of at least 4 members (excludes halogenated alkanes) is 1. The summed E-state index contributed by atoms with van der Waals surface area (Å²) in [5, 5.41) is 5.68. The van der Waals surface area contributed by atoms with Crippen molar-refractivity contribution in [2.24, 2.45) is 5.41 Å². The van der Waals surface area contributed by atoms with Crippen LogP contribution >= 0.6 is 31.9 Å². The van der Waals surface area contributed by atoms with E-state index in [9.17, 15) is 0 Å². The van der Waals surface area contributed by atoms with E-state index in [1.54, 1.807) is 0 Å². The predicted octanol–water partition coefficient (Wildman–Crippen LogP) is 5.50. The van der Waals surface area contributed by atoms with Gasteiger partial charge in [-0.3, -0.25) is 4.68 Å². The topological polar surface area (TPSA) is 17.8 Å². The van der Waals surface area contributed by atoms with Gasteiger partial charge in [0.15, 0.2) is 0 Å². The van der Waals surface area contributed by atoms with Crippen molar-refractivity contribution in [3.8, 4) is 0 Å². The maximum atomic E-state index is 4.62.